The first-order valence-corrected chi connectivity index (χ1v) is 4.42. The fraction of sp³-hybridized carbons (Fsp3) is 0.200. The number of carboxylic acids is 2. The van der Waals surface area contributed by atoms with E-state index in [0.29, 0.717) is 6.07 Å². The molecule has 0 fully saturated rings. The molecule has 0 aliphatic carbocycles. The fourth-order valence-corrected chi connectivity index (χ4v) is 1.22. The van der Waals surface area contributed by atoms with Gasteiger partial charge in [-0.25, -0.2) is 13.2 Å². The summed E-state index contributed by atoms with van der Waals surface area (Å²) in [6, 6.07) is 0.689. The number of carboxylic acid groups (broad SMARTS) is 2. The van der Waals surface area contributed by atoms with Crippen LogP contribution in [0, 0.1) is 23.4 Å². The number of hydrogen-bond acceptors (Lipinski definition) is 2. The van der Waals surface area contributed by atoms with Crippen molar-refractivity contribution in [1.82, 2.24) is 0 Å². The second-order valence-corrected chi connectivity index (χ2v) is 3.29. The van der Waals surface area contributed by atoms with E-state index in [1.54, 1.807) is 0 Å². The van der Waals surface area contributed by atoms with E-state index < -0.39 is 47.3 Å². The Morgan fingerprint density at radius 1 is 1.00 bits per heavy atom. The SMILES string of the molecule is O=C(O)C(Cc1cc(F)c(F)cc1F)C(=O)O. The lowest BCUT2D eigenvalue weighted by Gasteiger charge is -2.08. The normalized spacial score (nSPS) is 10.6. The number of hydrogen-bond donors (Lipinski definition) is 2. The maximum absolute atomic E-state index is 13.1. The summed E-state index contributed by atoms with van der Waals surface area (Å²) in [5.41, 5.74) is -0.501. The van der Waals surface area contributed by atoms with Gasteiger partial charge in [0.1, 0.15) is 5.82 Å². The Hall–Kier alpha value is -2.05. The van der Waals surface area contributed by atoms with Crippen molar-refractivity contribution in [3.8, 4) is 0 Å². The molecule has 4 nitrogen and oxygen atoms in total. The highest BCUT2D eigenvalue weighted by atomic mass is 19.2. The molecular weight excluding hydrogens is 241 g/mol. The van der Waals surface area contributed by atoms with E-state index in [9.17, 15) is 22.8 Å². The third kappa shape index (κ3) is 2.96. The Morgan fingerprint density at radius 2 is 1.47 bits per heavy atom. The highest BCUT2D eigenvalue weighted by Gasteiger charge is 2.27. The summed E-state index contributed by atoms with van der Waals surface area (Å²) in [5.74, 6) is -9.24. The average molecular weight is 248 g/mol. The molecule has 92 valence electrons. The smallest absolute Gasteiger partial charge is 0.318 e. The maximum Gasteiger partial charge on any atom is 0.318 e. The highest BCUT2D eigenvalue weighted by molar-refractivity contribution is 5.93. The first kappa shape index (κ1) is 13.0. The first-order chi connectivity index (χ1) is 7.82. The molecule has 0 amide bonds. The molecule has 7 heteroatoms. The minimum Gasteiger partial charge on any atom is -0.481 e. The number of benzene rings is 1. The van der Waals surface area contributed by atoms with Crippen LogP contribution in [0.5, 0.6) is 0 Å². The van der Waals surface area contributed by atoms with Crippen molar-refractivity contribution in [3.05, 3.63) is 35.1 Å². The molecule has 1 aromatic rings. The Bertz CT molecular complexity index is 459. The summed E-state index contributed by atoms with van der Waals surface area (Å²) in [6.07, 6.45) is -0.756. The van der Waals surface area contributed by atoms with Crippen molar-refractivity contribution < 1.29 is 33.0 Å². The zero-order valence-corrected chi connectivity index (χ0v) is 8.28. The number of halogens is 3. The van der Waals surface area contributed by atoms with E-state index in [1.807, 2.05) is 0 Å². The first-order valence-electron chi connectivity index (χ1n) is 4.42. The number of aliphatic carboxylic acids is 2. The molecule has 0 aliphatic heterocycles. The van der Waals surface area contributed by atoms with Crippen molar-refractivity contribution in [1.29, 1.82) is 0 Å². The lowest BCUT2D eigenvalue weighted by atomic mass is 9.99. The Balaban J connectivity index is 3.05. The highest BCUT2D eigenvalue weighted by Crippen LogP contribution is 2.17. The molecule has 2 N–H and O–H groups in total. The van der Waals surface area contributed by atoms with Gasteiger partial charge in [-0.2, -0.15) is 0 Å². The molecule has 1 rings (SSSR count). The van der Waals surface area contributed by atoms with Crippen molar-refractivity contribution in [2.75, 3.05) is 0 Å². The van der Waals surface area contributed by atoms with Crippen LogP contribution in [0.4, 0.5) is 13.2 Å². The van der Waals surface area contributed by atoms with Gasteiger partial charge in [-0.05, 0) is 18.1 Å². The van der Waals surface area contributed by atoms with E-state index in [4.69, 9.17) is 10.2 Å². The van der Waals surface area contributed by atoms with Crippen molar-refractivity contribution >= 4 is 11.9 Å². The quantitative estimate of drug-likeness (QED) is 0.624. The van der Waals surface area contributed by atoms with Crippen LogP contribution in [-0.2, 0) is 16.0 Å². The molecule has 0 bridgehead atoms. The van der Waals surface area contributed by atoms with Gasteiger partial charge in [0.2, 0.25) is 0 Å². The Kier molecular flexibility index (Phi) is 3.72. The molecule has 0 spiro atoms. The van der Waals surface area contributed by atoms with Crippen LogP contribution in [0.2, 0.25) is 0 Å². The van der Waals surface area contributed by atoms with Gasteiger partial charge in [0.15, 0.2) is 17.6 Å². The summed E-state index contributed by atoms with van der Waals surface area (Å²) >= 11 is 0. The van der Waals surface area contributed by atoms with Gasteiger partial charge >= 0.3 is 11.9 Å². The molecule has 17 heavy (non-hydrogen) atoms. The lowest BCUT2D eigenvalue weighted by molar-refractivity contribution is -0.154. The van der Waals surface area contributed by atoms with Crippen LogP contribution in [0.1, 0.15) is 5.56 Å². The predicted octanol–water partition coefficient (Wildman–Crippen LogP) is 1.43. The van der Waals surface area contributed by atoms with Crippen LogP contribution < -0.4 is 0 Å². The zero-order chi connectivity index (χ0) is 13.2. The average Bonchev–Trinajstić information content (AvgIpc) is 2.20. The Labute approximate surface area is 93.3 Å². The number of carbonyl (C=O) groups is 2. The summed E-state index contributed by atoms with van der Waals surface area (Å²) in [5, 5.41) is 17.1. The van der Waals surface area contributed by atoms with Crippen LogP contribution in [0.15, 0.2) is 12.1 Å². The monoisotopic (exact) mass is 248 g/mol. The summed E-state index contributed by atoms with van der Waals surface area (Å²) in [7, 11) is 0. The third-order valence-corrected chi connectivity index (χ3v) is 2.11. The predicted molar refractivity (Wildman–Crippen MR) is 48.8 cm³/mol. The van der Waals surface area contributed by atoms with Crippen molar-refractivity contribution in [2.24, 2.45) is 5.92 Å². The van der Waals surface area contributed by atoms with Gasteiger partial charge in [-0.3, -0.25) is 9.59 Å². The molecule has 0 aliphatic rings. The molecule has 0 aromatic heterocycles. The standard InChI is InChI=1S/C10H7F3O4/c11-6-3-8(13)7(12)2-4(6)1-5(9(14)15)10(16)17/h2-3,5H,1H2,(H,14,15)(H,16,17). The summed E-state index contributed by atoms with van der Waals surface area (Å²) in [6.45, 7) is 0. The summed E-state index contributed by atoms with van der Waals surface area (Å²) < 4.78 is 38.5. The molecule has 0 saturated carbocycles. The van der Waals surface area contributed by atoms with Crippen LogP contribution >= 0.6 is 0 Å². The van der Waals surface area contributed by atoms with Gasteiger partial charge < -0.3 is 10.2 Å². The molecule has 0 saturated heterocycles. The molecule has 0 unspecified atom stereocenters. The van der Waals surface area contributed by atoms with Crippen molar-refractivity contribution in [2.45, 2.75) is 6.42 Å². The molecule has 0 atom stereocenters. The van der Waals surface area contributed by atoms with Crippen LogP contribution in [0.25, 0.3) is 0 Å². The minimum atomic E-state index is -1.91. The van der Waals surface area contributed by atoms with Crippen molar-refractivity contribution in [3.63, 3.8) is 0 Å². The minimum absolute atomic E-state index is 0.241. The zero-order valence-electron chi connectivity index (χ0n) is 8.28. The van der Waals surface area contributed by atoms with Gasteiger partial charge in [-0.1, -0.05) is 0 Å². The van der Waals surface area contributed by atoms with Gasteiger partial charge in [0.25, 0.3) is 0 Å². The summed E-state index contributed by atoms with van der Waals surface area (Å²) in [4.78, 5) is 21.1. The van der Waals surface area contributed by atoms with E-state index >= 15 is 0 Å². The van der Waals surface area contributed by atoms with E-state index in [2.05, 4.69) is 0 Å². The molecule has 1 aromatic carbocycles. The van der Waals surface area contributed by atoms with Gasteiger partial charge in [0, 0.05) is 6.07 Å². The van der Waals surface area contributed by atoms with Gasteiger partial charge in [-0.15, -0.1) is 0 Å². The van der Waals surface area contributed by atoms with E-state index in [1.165, 1.54) is 0 Å². The lowest BCUT2D eigenvalue weighted by Crippen LogP contribution is -2.26. The van der Waals surface area contributed by atoms with E-state index in [-0.39, 0.29) is 6.07 Å². The molecule has 0 radical (unpaired) electrons. The third-order valence-electron chi connectivity index (χ3n) is 2.11. The Morgan fingerprint density at radius 3 is 1.94 bits per heavy atom. The maximum atomic E-state index is 13.1. The number of rotatable bonds is 4. The van der Waals surface area contributed by atoms with Crippen LogP contribution in [-0.4, -0.2) is 22.2 Å². The van der Waals surface area contributed by atoms with E-state index in [0.717, 1.165) is 0 Å². The van der Waals surface area contributed by atoms with Gasteiger partial charge in [0.05, 0.1) is 0 Å². The largest absolute Gasteiger partial charge is 0.481 e. The second-order valence-electron chi connectivity index (χ2n) is 3.29. The molecule has 0 heterocycles. The topological polar surface area (TPSA) is 74.6 Å². The second kappa shape index (κ2) is 4.86. The van der Waals surface area contributed by atoms with Crippen LogP contribution in [0.3, 0.4) is 0 Å². The molecular formula is C10H7F3O4. The fourth-order valence-electron chi connectivity index (χ4n) is 1.22.